The Bertz CT molecular complexity index is 1350. The Kier molecular flexibility index (Phi) is 16.1. The molecule has 0 spiro atoms. The van der Waals surface area contributed by atoms with Gasteiger partial charge in [0.2, 0.25) is 0 Å². The lowest BCUT2D eigenvalue weighted by molar-refractivity contribution is -0.307. The SMILES string of the molecule is CN[C@@H]1[C@@H](O)[C@@H](O[C@@H]2[C@@H](O)[C@H](O[C@H]3O[C@H](CNC(=O)OC(C)(C)C)CC[C@H]3NC(=O)OC(C)(C)C)[C@@H](NC(=O)OC(C)(C)C)C[C@H]2N=C(N)CO)OC[C@]1(C)O. The van der Waals surface area contributed by atoms with Crippen molar-refractivity contribution in [1.29, 1.82) is 0 Å². The van der Waals surface area contributed by atoms with Gasteiger partial charge in [0, 0.05) is 6.54 Å². The van der Waals surface area contributed by atoms with Crippen molar-refractivity contribution in [2.24, 2.45) is 10.7 Å². The molecule has 2 saturated heterocycles. The van der Waals surface area contributed by atoms with Crippen LogP contribution in [0.15, 0.2) is 4.99 Å². The second-order valence-corrected chi connectivity index (χ2v) is 17.7. The molecule has 2 heterocycles. The van der Waals surface area contributed by atoms with Gasteiger partial charge in [-0.3, -0.25) is 4.99 Å². The highest BCUT2D eigenvalue weighted by Crippen LogP contribution is 2.34. The fraction of sp³-hybridized carbons (Fsp3) is 0.889. The number of likely N-dealkylation sites (N-methyl/N-ethyl adjacent to an activating group) is 1. The maximum absolute atomic E-state index is 13.2. The van der Waals surface area contributed by atoms with Gasteiger partial charge >= 0.3 is 18.3 Å². The lowest BCUT2D eigenvalue weighted by atomic mass is 9.83. The van der Waals surface area contributed by atoms with Gasteiger partial charge in [0.15, 0.2) is 12.6 Å². The first-order valence-corrected chi connectivity index (χ1v) is 18.9. The lowest BCUT2D eigenvalue weighted by Gasteiger charge is -2.49. The number of carbonyl (C=O) groups is 3. The third-order valence-corrected chi connectivity index (χ3v) is 8.89. The number of amidine groups is 1. The van der Waals surface area contributed by atoms with Gasteiger partial charge in [-0.2, -0.15) is 0 Å². The van der Waals surface area contributed by atoms with Crippen LogP contribution in [0.4, 0.5) is 14.4 Å². The van der Waals surface area contributed by atoms with Gasteiger partial charge in [-0.15, -0.1) is 0 Å². The summed E-state index contributed by atoms with van der Waals surface area (Å²) in [6.07, 6.45) is -10.9. The predicted molar refractivity (Wildman–Crippen MR) is 201 cm³/mol. The molecule has 3 rings (SSSR count). The molecule has 0 aromatic carbocycles. The second-order valence-electron chi connectivity index (χ2n) is 17.7. The number of nitrogens with one attached hydrogen (secondary N) is 4. The summed E-state index contributed by atoms with van der Waals surface area (Å²) < 4.78 is 41.2. The summed E-state index contributed by atoms with van der Waals surface area (Å²) in [5.74, 6) is -0.204. The summed E-state index contributed by atoms with van der Waals surface area (Å²) in [5.41, 5.74) is 2.00. The third kappa shape index (κ3) is 14.4. The average Bonchev–Trinajstić information content (AvgIpc) is 3.03. The van der Waals surface area contributed by atoms with Crippen molar-refractivity contribution in [2.45, 2.75) is 178 Å². The number of ether oxygens (including phenoxy) is 7. The van der Waals surface area contributed by atoms with Crippen molar-refractivity contribution in [1.82, 2.24) is 21.3 Å². The monoisotopic (exact) mass is 806 g/mol. The highest BCUT2D eigenvalue weighted by atomic mass is 16.7. The zero-order chi connectivity index (χ0) is 42.4. The van der Waals surface area contributed by atoms with E-state index in [2.05, 4.69) is 26.3 Å². The van der Waals surface area contributed by atoms with Gasteiger partial charge in [0.1, 0.15) is 59.3 Å². The summed E-state index contributed by atoms with van der Waals surface area (Å²) in [4.78, 5) is 43.1. The standard InChI is InChI=1S/C36H66N6O14/c1-33(2,3)54-30(46)39-15-18-12-13-19(41-31(47)55-34(4,5)6)28(51-18)52-26-21(42-32(48)56-35(7,8)9)14-20(40-22(37)16-43)25(23(26)44)53-29-24(45)27(38-11)36(10,49)17-50-29/h18-21,23-29,38,43-45,49H,12-17H2,1-11H3,(H2,37,40)(H,39,46)(H,41,47)(H,42,48)/t18-,19+,20+,21-,23+,24+,25-,26+,27+,28+,29+,36-/m0/s1. The molecule has 3 fully saturated rings. The van der Waals surface area contributed by atoms with E-state index in [0.717, 1.165) is 0 Å². The van der Waals surface area contributed by atoms with E-state index in [1.165, 1.54) is 6.92 Å². The number of aliphatic imine (C=N–C) groups is 1. The van der Waals surface area contributed by atoms with Crippen molar-refractivity contribution in [3.8, 4) is 0 Å². The van der Waals surface area contributed by atoms with Crippen LogP contribution in [0.25, 0.3) is 0 Å². The first-order chi connectivity index (χ1) is 25.7. The fourth-order valence-corrected chi connectivity index (χ4v) is 6.62. The van der Waals surface area contributed by atoms with Gasteiger partial charge in [0.25, 0.3) is 0 Å². The van der Waals surface area contributed by atoms with Crippen LogP contribution < -0.4 is 27.0 Å². The van der Waals surface area contributed by atoms with E-state index in [1.807, 2.05) is 0 Å². The average molecular weight is 807 g/mol. The number of rotatable bonds is 11. The van der Waals surface area contributed by atoms with Crippen LogP contribution in [-0.4, -0.2) is 161 Å². The fourth-order valence-electron chi connectivity index (χ4n) is 6.62. The first-order valence-electron chi connectivity index (χ1n) is 18.9. The number of aliphatic hydroxyl groups excluding tert-OH is 3. The summed E-state index contributed by atoms with van der Waals surface area (Å²) in [6.45, 7) is 15.9. The highest BCUT2D eigenvalue weighted by Gasteiger charge is 2.53. The molecule has 20 heteroatoms. The number of carbonyl (C=O) groups excluding carboxylic acids is 3. The smallest absolute Gasteiger partial charge is 0.408 e. The minimum absolute atomic E-state index is 0.0109. The molecule has 0 aromatic rings. The van der Waals surface area contributed by atoms with E-state index in [0.29, 0.717) is 6.42 Å². The number of hydrogen-bond acceptors (Lipinski definition) is 16. The van der Waals surface area contributed by atoms with Crippen molar-refractivity contribution < 1.29 is 68.0 Å². The van der Waals surface area contributed by atoms with Crippen molar-refractivity contribution >= 4 is 24.1 Å². The highest BCUT2D eigenvalue weighted by molar-refractivity contribution is 5.81. The van der Waals surface area contributed by atoms with E-state index in [9.17, 15) is 34.8 Å². The Morgan fingerprint density at radius 2 is 1.36 bits per heavy atom. The summed E-state index contributed by atoms with van der Waals surface area (Å²) in [6, 6.07) is -3.88. The minimum Gasteiger partial charge on any atom is -0.444 e. The lowest BCUT2D eigenvalue weighted by Crippen LogP contribution is -2.68. The van der Waals surface area contributed by atoms with E-state index in [1.54, 1.807) is 69.4 Å². The molecule has 10 N–H and O–H groups in total. The molecule has 1 aliphatic carbocycles. The number of nitrogens with two attached hydrogens (primary N) is 1. The zero-order valence-electron chi connectivity index (χ0n) is 34.5. The molecule has 56 heavy (non-hydrogen) atoms. The number of aliphatic hydroxyl groups is 4. The van der Waals surface area contributed by atoms with E-state index in [4.69, 9.17) is 38.9 Å². The van der Waals surface area contributed by atoms with E-state index >= 15 is 0 Å². The summed E-state index contributed by atoms with van der Waals surface area (Å²) in [7, 11) is 1.55. The molecular formula is C36H66N6O14. The molecule has 0 radical (unpaired) electrons. The molecule has 0 unspecified atom stereocenters. The molecule has 1 saturated carbocycles. The van der Waals surface area contributed by atoms with Gasteiger partial charge in [-0.25, -0.2) is 14.4 Å². The van der Waals surface area contributed by atoms with Gasteiger partial charge in [0.05, 0.1) is 36.9 Å². The van der Waals surface area contributed by atoms with Crippen LogP contribution in [0.3, 0.4) is 0 Å². The molecule has 0 aromatic heterocycles. The van der Waals surface area contributed by atoms with Crippen molar-refractivity contribution in [2.75, 3.05) is 26.8 Å². The first kappa shape index (κ1) is 47.3. The van der Waals surface area contributed by atoms with Crippen molar-refractivity contribution in [3.63, 3.8) is 0 Å². The van der Waals surface area contributed by atoms with Crippen LogP contribution in [0.2, 0.25) is 0 Å². The molecular weight excluding hydrogens is 740 g/mol. The third-order valence-electron chi connectivity index (χ3n) is 8.89. The summed E-state index contributed by atoms with van der Waals surface area (Å²) in [5, 5.41) is 55.1. The normalized spacial score (nSPS) is 34.6. The Morgan fingerprint density at radius 3 is 1.89 bits per heavy atom. The second kappa shape index (κ2) is 19.1. The van der Waals surface area contributed by atoms with Crippen LogP contribution >= 0.6 is 0 Å². The Morgan fingerprint density at radius 1 is 0.821 bits per heavy atom. The number of hydrogen-bond donors (Lipinski definition) is 9. The molecule has 12 atom stereocenters. The molecule has 324 valence electrons. The topological polar surface area (TPSA) is 283 Å². The minimum atomic E-state index is -1.68. The number of alkyl carbamates (subject to hydrolysis) is 3. The van der Waals surface area contributed by atoms with Gasteiger partial charge < -0.3 is 80.6 Å². The van der Waals surface area contributed by atoms with Crippen molar-refractivity contribution in [3.05, 3.63) is 0 Å². The Balaban J connectivity index is 2.02. The van der Waals surface area contributed by atoms with Gasteiger partial charge in [-0.1, -0.05) is 0 Å². The summed E-state index contributed by atoms with van der Waals surface area (Å²) >= 11 is 0. The van der Waals surface area contributed by atoms with E-state index < -0.39 is 115 Å². The van der Waals surface area contributed by atoms with E-state index in [-0.39, 0.29) is 31.8 Å². The largest absolute Gasteiger partial charge is 0.444 e. The molecule has 20 nitrogen and oxygen atoms in total. The number of nitrogens with zero attached hydrogens (tertiary/aromatic N) is 1. The van der Waals surface area contributed by atoms with Crippen LogP contribution in [-0.2, 0) is 33.2 Å². The van der Waals surface area contributed by atoms with Gasteiger partial charge in [-0.05, 0) is 95.5 Å². The van der Waals surface area contributed by atoms with Crippen LogP contribution in [0, 0.1) is 0 Å². The molecule has 2 aliphatic heterocycles. The Hall–Kier alpha value is -3.08. The molecule has 3 aliphatic rings. The maximum Gasteiger partial charge on any atom is 0.408 e. The zero-order valence-corrected chi connectivity index (χ0v) is 34.5. The van der Waals surface area contributed by atoms with Crippen LogP contribution in [0.1, 0.15) is 88.5 Å². The Labute approximate surface area is 328 Å². The number of amides is 3. The molecule has 0 bridgehead atoms. The predicted octanol–water partition coefficient (Wildman–Crippen LogP) is 0.112. The van der Waals surface area contributed by atoms with Crippen LogP contribution in [0.5, 0.6) is 0 Å². The molecule has 3 amide bonds. The maximum atomic E-state index is 13.2. The quantitative estimate of drug-likeness (QED) is 0.0761.